The summed E-state index contributed by atoms with van der Waals surface area (Å²) in [6.07, 6.45) is 7.88. The van der Waals surface area contributed by atoms with Crippen molar-refractivity contribution in [2.75, 3.05) is 18.4 Å². The topological polar surface area (TPSA) is 48.4 Å². The Morgan fingerprint density at radius 3 is 2.58 bits per heavy atom. The molecule has 0 bridgehead atoms. The minimum atomic E-state index is -0.330. The Kier molecular flexibility index (Phi) is 5.74. The highest BCUT2D eigenvalue weighted by atomic mass is 16.3. The molecule has 4 heteroatoms. The third-order valence-electron chi connectivity index (χ3n) is 4.41. The summed E-state index contributed by atoms with van der Waals surface area (Å²) in [7, 11) is 0. The summed E-state index contributed by atoms with van der Waals surface area (Å²) in [6.45, 7) is 7.60. The largest absolute Gasteiger partial charge is 0.392 e. The molecule has 1 aromatic heterocycles. The molecule has 1 aromatic carbocycles. The van der Waals surface area contributed by atoms with Gasteiger partial charge in [-0.3, -0.25) is 4.98 Å². The van der Waals surface area contributed by atoms with Crippen LogP contribution in [0.3, 0.4) is 0 Å². The van der Waals surface area contributed by atoms with Gasteiger partial charge in [0.25, 0.3) is 0 Å². The Labute approximate surface area is 155 Å². The first-order chi connectivity index (χ1) is 12.5. The Balaban J connectivity index is 1.82. The Bertz CT molecular complexity index is 794. The molecule has 1 aliphatic heterocycles. The van der Waals surface area contributed by atoms with E-state index >= 15 is 0 Å². The van der Waals surface area contributed by atoms with Gasteiger partial charge in [0.15, 0.2) is 0 Å². The van der Waals surface area contributed by atoms with Gasteiger partial charge in [0.05, 0.1) is 11.8 Å². The van der Waals surface area contributed by atoms with Crippen molar-refractivity contribution in [1.29, 1.82) is 0 Å². The number of allylic oxidation sites excluding steroid dienone is 1. The number of anilines is 1. The molecule has 1 atom stereocenters. The summed E-state index contributed by atoms with van der Waals surface area (Å²) in [5, 5.41) is 13.1. The second-order valence-corrected chi connectivity index (χ2v) is 7.08. The van der Waals surface area contributed by atoms with Gasteiger partial charge in [-0.2, -0.15) is 0 Å². The SMILES string of the molecule is CC(O)CN1C=CC(Nc2cc(-c3ccccc3)ncc2C(C)C)=CC1. The van der Waals surface area contributed by atoms with Gasteiger partial charge in [-0.05, 0) is 36.6 Å². The first kappa shape index (κ1) is 18.2. The minimum Gasteiger partial charge on any atom is -0.392 e. The predicted molar refractivity (Wildman–Crippen MR) is 108 cm³/mol. The lowest BCUT2D eigenvalue weighted by molar-refractivity contribution is 0.155. The normalized spacial score (nSPS) is 15.1. The van der Waals surface area contributed by atoms with Crippen molar-refractivity contribution >= 4 is 5.69 Å². The van der Waals surface area contributed by atoms with Crippen molar-refractivity contribution in [2.24, 2.45) is 0 Å². The molecule has 0 fully saturated rings. The number of nitrogens with one attached hydrogen (secondary N) is 1. The van der Waals surface area contributed by atoms with Crippen LogP contribution >= 0.6 is 0 Å². The van der Waals surface area contributed by atoms with Crippen molar-refractivity contribution < 1.29 is 5.11 Å². The zero-order valence-corrected chi connectivity index (χ0v) is 15.7. The zero-order chi connectivity index (χ0) is 18.5. The number of aliphatic hydroxyl groups is 1. The van der Waals surface area contributed by atoms with Crippen LogP contribution in [0, 0.1) is 0 Å². The fraction of sp³-hybridized carbons (Fsp3) is 0.318. The van der Waals surface area contributed by atoms with Crippen LogP contribution < -0.4 is 5.32 Å². The molecular formula is C22H27N3O. The third kappa shape index (κ3) is 4.52. The van der Waals surface area contributed by atoms with Crippen molar-refractivity contribution in [3.8, 4) is 11.3 Å². The van der Waals surface area contributed by atoms with Gasteiger partial charge >= 0.3 is 0 Å². The Morgan fingerprint density at radius 1 is 1.19 bits per heavy atom. The monoisotopic (exact) mass is 349 g/mol. The molecule has 0 aliphatic carbocycles. The highest BCUT2D eigenvalue weighted by Gasteiger charge is 2.12. The van der Waals surface area contributed by atoms with Crippen LogP contribution in [0.4, 0.5) is 5.69 Å². The van der Waals surface area contributed by atoms with Crippen LogP contribution in [0.2, 0.25) is 0 Å². The quantitative estimate of drug-likeness (QED) is 0.813. The molecule has 0 saturated heterocycles. The first-order valence-corrected chi connectivity index (χ1v) is 9.16. The summed E-state index contributed by atoms with van der Waals surface area (Å²) in [6, 6.07) is 12.4. The van der Waals surface area contributed by atoms with Crippen LogP contribution in [0.1, 0.15) is 32.3 Å². The number of hydrogen-bond donors (Lipinski definition) is 2. The van der Waals surface area contributed by atoms with Crippen LogP contribution in [0.15, 0.2) is 66.6 Å². The fourth-order valence-corrected chi connectivity index (χ4v) is 3.05. The summed E-state index contributed by atoms with van der Waals surface area (Å²) < 4.78 is 0. The number of rotatable bonds is 6. The predicted octanol–water partition coefficient (Wildman–Crippen LogP) is 4.38. The molecule has 0 radical (unpaired) electrons. The van der Waals surface area contributed by atoms with E-state index in [0.717, 1.165) is 29.2 Å². The van der Waals surface area contributed by atoms with Crippen molar-refractivity contribution in [2.45, 2.75) is 32.8 Å². The molecule has 3 rings (SSSR count). The molecule has 2 N–H and O–H groups in total. The van der Waals surface area contributed by atoms with Gasteiger partial charge in [0.1, 0.15) is 0 Å². The van der Waals surface area contributed by atoms with E-state index in [1.165, 1.54) is 5.56 Å². The summed E-state index contributed by atoms with van der Waals surface area (Å²) in [4.78, 5) is 6.75. The molecular weight excluding hydrogens is 322 g/mol. The van der Waals surface area contributed by atoms with Crippen molar-refractivity contribution in [3.05, 3.63) is 72.2 Å². The maximum absolute atomic E-state index is 9.52. The second kappa shape index (κ2) is 8.19. The van der Waals surface area contributed by atoms with Crippen LogP contribution in [-0.2, 0) is 0 Å². The van der Waals surface area contributed by atoms with Gasteiger partial charge in [-0.15, -0.1) is 0 Å². The zero-order valence-electron chi connectivity index (χ0n) is 15.7. The maximum atomic E-state index is 9.52. The van der Waals surface area contributed by atoms with E-state index in [1.54, 1.807) is 0 Å². The lowest BCUT2D eigenvalue weighted by atomic mass is 10.0. The number of pyridine rings is 1. The number of hydrogen-bond acceptors (Lipinski definition) is 4. The highest BCUT2D eigenvalue weighted by molar-refractivity contribution is 5.68. The number of nitrogens with zero attached hydrogens (tertiary/aromatic N) is 2. The highest BCUT2D eigenvalue weighted by Crippen LogP contribution is 2.29. The van der Waals surface area contributed by atoms with Gasteiger partial charge in [0, 0.05) is 42.4 Å². The summed E-state index contributed by atoms with van der Waals surface area (Å²) in [5.41, 5.74) is 5.44. The van der Waals surface area contributed by atoms with E-state index in [0.29, 0.717) is 12.5 Å². The molecule has 26 heavy (non-hydrogen) atoms. The number of aliphatic hydroxyl groups excluding tert-OH is 1. The molecule has 2 heterocycles. The van der Waals surface area contributed by atoms with Gasteiger partial charge in [-0.25, -0.2) is 0 Å². The average molecular weight is 349 g/mol. The second-order valence-electron chi connectivity index (χ2n) is 7.08. The lowest BCUT2D eigenvalue weighted by Gasteiger charge is -2.25. The van der Waals surface area contributed by atoms with E-state index in [-0.39, 0.29) is 6.10 Å². The standard InChI is InChI=1S/C22H27N3O/c1-16(2)20-14-23-21(18-7-5-4-6-8-18)13-22(20)24-19-9-11-25(12-10-19)15-17(3)26/h4-11,13-14,16-17,26H,12,15H2,1-3H3,(H,23,24). The molecule has 1 aliphatic rings. The molecule has 136 valence electrons. The Hall–Kier alpha value is -2.59. The molecule has 0 amide bonds. The summed E-state index contributed by atoms with van der Waals surface area (Å²) in [5.74, 6) is 0.384. The van der Waals surface area contributed by atoms with E-state index in [9.17, 15) is 5.11 Å². The lowest BCUT2D eigenvalue weighted by Crippen LogP contribution is -2.28. The van der Waals surface area contributed by atoms with Gasteiger partial charge in [-0.1, -0.05) is 44.2 Å². The average Bonchev–Trinajstić information content (AvgIpc) is 2.63. The molecule has 0 spiro atoms. The van der Waals surface area contributed by atoms with E-state index in [1.807, 2.05) is 37.5 Å². The van der Waals surface area contributed by atoms with E-state index in [2.05, 4.69) is 59.4 Å². The van der Waals surface area contributed by atoms with Crippen LogP contribution in [0.5, 0.6) is 0 Å². The number of aromatic nitrogens is 1. The van der Waals surface area contributed by atoms with Gasteiger partial charge in [0.2, 0.25) is 0 Å². The summed E-state index contributed by atoms with van der Waals surface area (Å²) >= 11 is 0. The molecule has 2 aromatic rings. The molecule has 4 nitrogen and oxygen atoms in total. The van der Waals surface area contributed by atoms with E-state index < -0.39 is 0 Å². The number of benzene rings is 1. The van der Waals surface area contributed by atoms with Crippen molar-refractivity contribution in [3.63, 3.8) is 0 Å². The van der Waals surface area contributed by atoms with Crippen molar-refractivity contribution in [1.82, 2.24) is 9.88 Å². The minimum absolute atomic E-state index is 0.330. The smallest absolute Gasteiger partial charge is 0.0722 e. The third-order valence-corrected chi connectivity index (χ3v) is 4.41. The van der Waals surface area contributed by atoms with Crippen LogP contribution in [-0.4, -0.2) is 34.2 Å². The molecule has 1 unspecified atom stereocenters. The number of β-amino-alcohol motifs (C(OH)–C–C–N with tert-alkyl or cyclic N) is 1. The van der Waals surface area contributed by atoms with E-state index in [4.69, 9.17) is 0 Å². The molecule has 0 saturated carbocycles. The fourth-order valence-electron chi connectivity index (χ4n) is 3.05. The van der Waals surface area contributed by atoms with Gasteiger partial charge < -0.3 is 15.3 Å². The first-order valence-electron chi connectivity index (χ1n) is 9.16. The Morgan fingerprint density at radius 2 is 1.96 bits per heavy atom. The van der Waals surface area contributed by atoms with Crippen LogP contribution in [0.25, 0.3) is 11.3 Å². The maximum Gasteiger partial charge on any atom is 0.0722 e.